The Morgan fingerprint density at radius 3 is 2.36 bits per heavy atom. The zero-order chi connectivity index (χ0) is 17.7. The summed E-state index contributed by atoms with van der Waals surface area (Å²) < 4.78 is 0. The molecule has 0 radical (unpaired) electrons. The van der Waals surface area contributed by atoms with Gasteiger partial charge in [0.25, 0.3) is 0 Å². The summed E-state index contributed by atoms with van der Waals surface area (Å²) in [6.07, 6.45) is 6.30. The molecular formula is C20H29N3O2. The standard InChI is InChI=1S/C20H29N3O2/c21-20(11-5-2-6-12-20)19(25)23-13-9-17(10-14-23)18(24)22-15-16-7-3-1-4-8-16/h1,3-4,7-8,17H,2,5-6,9-15,21H2,(H,22,24). The van der Waals surface area contributed by atoms with E-state index in [9.17, 15) is 9.59 Å². The maximum Gasteiger partial charge on any atom is 0.242 e. The Bertz CT molecular complexity index is 588. The molecule has 1 aliphatic carbocycles. The van der Waals surface area contributed by atoms with Gasteiger partial charge in [0, 0.05) is 25.6 Å². The van der Waals surface area contributed by atoms with E-state index in [0.717, 1.165) is 44.1 Å². The third kappa shape index (κ3) is 4.40. The minimum Gasteiger partial charge on any atom is -0.352 e. The predicted molar refractivity (Wildman–Crippen MR) is 97.6 cm³/mol. The van der Waals surface area contributed by atoms with Crippen molar-refractivity contribution in [2.45, 2.75) is 57.0 Å². The van der Waals surface area contributed by atoms with Crippen molar-refractivity contribution in [3.63, 3.8) is 0 Å². The molecule has 1 aliphatic heterocycles. The molecule has 25 heavy (non-hydrogen) atoms. The van der Waals surface area contributed by atoms with Crippen LogP contribution in [0.25, 0.3) is 0 Å². The highest BCUT2D eigenvalue weighted by Crippen LogP contribution is 2.29. The van der Waals surface area contributed by atoms with E-state index in [4.69, 9.17) is 5.73 Å². The summed E-state index contributed by atoms with van der Waals surface area (Å²) in [7, 11) is 0. The van der Waals surface area contributed by atoms with Crippen LogP contribution in [0.5, 0.6) is 0 Å². The van der Waals surface area contributed by atoms with E-state index >= 15 is 0 Å². The molecular weight excluding hydrogens is 314 g/mol. The number of benzene rings is 1. The maximum absolute atomic E-state index is 12.8. The van der Waals surface area contributed by atoms with Crippen LogP contribution < -0.4 is 11.1 Å². The van der Waals surface area contributed by atoms with Gasteiger partial charge >= 0.3 is 0 Å². The van der Waals surface area contributed by atoms with Gasteiger partial charge in [-0.25, -0.2) is 0 Å². The van der Waals surface area contributed by atoms with Gasteiger partial charge in [-0.1, -0.05) is 49.6 Å². The molecule has 0 spiro atoms. The first-order valence-corrected chi connectivity index (χ1v) is 9.48. The van der Waals surface area contributed by atoms with Crippen molar-refractivity contribution in [3.8, 4) is 0 Å². The number of nitrogens with one attached hydrogen (secondary N) is 1. The molecule has 2 aliphatic rings. The van der Waals surface area contributed by atoms with Gasteiger partial charge in [-0.2, -0.15) is 0 Å². The van der Waals surface area contributed by atoms with Gasteiger partial charge in [0.05, 0.1) is 5.54 Å². The molecule has 0 atom stereocenters. The average molecular weight is 343 g/mol. The first kappa shape index (κ1) is 17.9. The fraction of sp³-hybridized carbons (Fsp3) is 0.600. The molecule has 3 N–H and O–H groups in total. The van der Waals surface area contributed by atoms with Crippen molar-refractivity contribution in [2.24, 2.45) is 11.7 Å². The lowest BCUT2D eigenvalue weighted by Crippen LogP contribution is -2.58. The Morgan fingerprint density at radius 1 is 1.08 bits per heavy atom. The zero-order valence-electron chi connectivity index (χ0n) is 14.9. The largest absolute Gasteiger partial charge is 0.352 e. The quantitative estimate of drug-likeness (QED) is 0.880. The van der Waals surface area contributed by atoms with Crippen molar-refractivity contribution in [2.75, 3.05) is 13.1 Å². The van der Waals surface area contributed by atoms with E-state index in [1.165, 1.54) is 6.42 Å². The Kier molecular flexibility index (Phi) is 5.74. The van der Waals surface area contributed by atoms with Gasteiger partial charge in [-0.3, -0.25) is 9.59 Å². The lowest BCUT2D eigenvalue weighted by Gasteiger charge is -2.39. The van der Waals surface area contributed by atoms with E-state index in [1.807, 2.05) is 35.2 Å². The highest BCUT2D eigenvalue weighted by Gasteiger charge is 2.39. The second-order valence-corrected chi connectivity index (χ2v) is 7.49. The molecule has 0 unspecified atom stereocenters. The normalized spacial score (nSPS) is 20.9. The van der Waals surface area contributed by atoms with E-state index in [1.54, 1.807) is 0 Å². The van der Waals surface area contributed by atoms with Gasteiger partial charge in [-0.15, -0.1) is 0 Å². The summed E-state index contributed by atoms with van der Waals surface area (Å²) in [6.45, 7) is 1.84. The fourth-order valence-electron chi connectivity index (χ4n) is 3.99. The number of likely N-dealkylation sites (tertiary alicyclic amines) is 1. The van der Waals surface area contributed by atoms with Gasteiger partial charge in [0.1, 0.15) is 0 Å². The molecule has 136 valence electrons. The molecule has 1 aromatic carbocycles. The molecule has 1 saturated carbocycles. The minimum absolute atomic E-state index is 0.00663. The number of carbonyl (C=O) groups is 2. The van der Waals surface area contributed by atoms with Crippen molar-refractivity contribution in [1.29, 1.82) is 0 Å². The van der Waals surface area contributed by atoms with Gasteiger partial charge in [-0.05, 0) is 31.2 Å². The molecule has 0 aromatic heterocycles. The summed E-state index contributed by atoms with van der Waals surface area (Å²) in [5.41, 5.74) is 6.81. The molecule has 1 saturated heterocycles. The van der Waals surface area contributed by atoms with Crippen LogP contribution in [0.3, 0.4) is 0 Å². The highest BCUT2D eigenvalue weighted by atomic mass is 16.2. The number of rotatable bonds is 4. The summed E-state index contributed by atoms with van der Waals surface area (Å²) in [6, 6.07) is 9.92. The molecule has 3 rings (SSSR count). The smallest absolute Gasteiger partial charge is 0.242 e. The van der Waals surface area contributed by atoms with Crippen LogP contribution in [0.1, 0.15) is 50.5 Å². The topological polar surface area (TPSA) is 75.4 Å². The summed E-state index contributed by atoms with van der Waals surface area (Å²) in [5.74, 6) is 0.180. The number of carbonyl (C=O) groups excluding carboxylic acids is 2. The molecule has 1 heterocycles. The lowest BCUT2D eigenvalue weighted by atomic mass is 9.81. The Labute approximate surface area is 150 Å². The lowest BCUT2D eigenvalue weighted by molar-refractivity contribution is -0.141. The van der Waals surface area contributed by atoms with Gasteiger partial charge in [0.15, 0.2) is 0 Å². The SMILES string of the molecule is NC1(C(=O)N2CCC(C(=O)NCc3ccccc3)CC2)CCCCC1. The second kappa shape index (κ2) is 8.00. The van der Waals surface area contributed by atoms with Gasteiger partial charge < -0.3 is 16.0 Å². The van der Waals surface area contributed by atoms with Crippen LogP contribution in [-0.4, -0.2) is 35.3 Å². The first-order chi connectivity index (χ1) is 12.1. The van der Waals surface area contributed by atoms with E-state index in [-0.39, 0.29) is 17.7 Å². The van der Waals surface area contributed by atoms with Crippen LogP contribution in [0, 0.1) is 5.92 Å². The molecule has 1 aromatic rings. The number of piperidine rings is 1. The number of hydrogen-bond acceptors (Lipinski definition) is 3. The van der Waals surface area contributed by atoms with Crippen LogP contribution in [0.15, 0.2) is 30.3 Å². The van der Waals surface area contributed by atoms with E-state index in [0.29, 0.717) is 19.6 Å². The van der Waals surface area contributed by atoms with E-state index < -0.39 is 5.54 Å². The minimum atomic E-state index is -0.666. The Morgan fingerprint density at radius 2 is 1.72 bits per heavy atom. The summed E-state index contributed by atoms with van der Waals surface area (Å²) >= 11 is 0. The van der Waals surface area contributed by atoms with Crippen molar-refractivity contribution >= 4 is 11.8 Å². The Balaban J connectivity index is 1.46. The van der Waals surface area contributed by atoms with Crippen molar-refractivity contribution in [3.05, 3.63) is 35.9 Å². The first-order valence-electron chi connectivity index (χ1n) is 9.48. The predicted octanol–water partition coefficient (Wildman–Crippen LogP) is 2.20. The molecule has 5 nitrogen and oxygen atoms in total. The highest BCUT2D eigenvalue weighted by molar-refractivity contribution is 5.86. The Hall–Kier alpha value is -1.88. The monoisotopic (exact) mass is 343 g/mol. The molecule has 5 heteroatoms. The van der Waals surface area contributed by atoms with Gasteiger partial charge in [0.2, 0.25) is 11.8 Å². The number of hydrogen-bond donors (Lipinski definition) is 2. The molecule has 2 fully saturated rings. The summed E-state index contributed by atoms with van der Waals surface area (Å²) in [5, 5.41) is 3.02. The summed E-state index contributed by atoms with van der Waals surface area (Å²) in [4.78, 5) is 27.0. The average Bonchev–Trinajstić information content (AvgIpc) is 2.67. The van der Waals surface area contributed by atoms with Crippen LogP contribution in [0.4, 0.5) is 0 Å². The molecule has 0 bridgehead atoms. The van der Waals surface area contributed by atoms with Crippen molar-refractivity contribution < 1.29 is 9.59 Å². The van der Waals surface area contributed by atoms with Crippen LogP contribution >= 0.6 is 0 Å². The van der Waals surface area contributed by atoms with Crippen LogP contribution in [-0.2, 0) is 16.1 Å². The number of amides is 2. The number of nitrogens with zero attached hydrogens (tertiary/aromatic N) is 1. The fourth-order valence-corrected chi connectivity index (χ4v) is 3.99. The number of nitrogens with two attached hydrogens (primary N) is 1. The van der Waals surface area contributed by atoms with Crippen molar-refractivity contribution in [1.82, 2.24) is 10.2 Å². The maximum atomic E-state index is 12.8. The third-order valence-electron chi connectivity index (χ3n) is 5.63. The zero-order valence-corrected chi connectivity index (χ0v) is 14.9. The van der Waals surface area contributed by atoms with Crippen LogP contribution in [0.2, 0.25) is 0 Å². The second-order valence-electron chi connectivity index (χ2n) is 7.49. The molecule has 2 amide bonds. The third-order valence-corrected chi connectivity index (χ3v) is 5.63. The van der Waals surface area contributed by atoms with E-state index in [2.05, 4.69) is 5.32 Å².